The first-order valence-corrected chi connectivity index (χ1v) is 19.3. The molecule has 8 heterocycles. The zero-order valence-electron chi connectivity index (χ0n) is 29.5. The van der Waals surface area contributed by atoms with E-state index in [0.717, 1.165) is 12.5 Å². The van der Waals surface area contributed by atoms with Gasteiger partial charge >= 0.3 is 12.2 Å². The van der Waals surface area contributed by atoms with Crippen molar-refractivity contribution in [1.29, 1.82) is 0 Å². The number of thiazole rings is 1. The minimum atomic E-state index is -4.92. The van der Waals surface area contributed by atoms with Gasteiger partial charge in [0.25, 0.3) is 0 Å². The number of rotatable bonds is 8. The van der Waals surface area contributed by atoms with E-state index in [1.165, 1.54) is 36.6 Å². The molecule has 18 heteroatoms. The van der Waals surface area contributed by atoms with E-state index < -0.39 is 57.7 Å². The summed E-state index contributed by atoms with van der Waals surface area (Å²) in [5.74, 6) is -2.61. The van der Waals surface area contributed by atoms with Crippen molar-refractivity contribution in [2.45, 2.75) is 81.0 Å². The van der Waals surface area contributed by atoms with Gasteiger partial charge < -0.3 is 15.4 Å². The van der Waals surface area contributed by atoms with Crippen LogP contribution in [-0.2, 0) is 11.0 Å². The lowest BCUT2D eigenvalue weighted by molar-refractivity contribution is -0.145. The molecule has 4 aromatic rings. The molecule has 1 aromatic carbocycles. The van der Waals surface area contributed by atoms with E-state index in [-0.39, 0.29) is 70.8 Å². The molecule has 10 nitrogen and oxygen atoms in total. The van der Waals surface area contributed by atoms with E-state index in [1.807, 2.05) is 9.80 Å². The summed E-state index contributed by atoms with van der Waals surface area (Å²) in [6.45, 7) is 2.87. The normalized spacial score (nSPS) is 28.1. The molecule has 0 aliphatic carbocycles. The quantitative estimate of drug-likeness (QED) is 0.145. The highest BCUT2D eigenvalue weighted by Gasteiger charge is 2.65. The average Bonchev–Trinajstić information content (AvgIpc) is 3.88. The van der Waals surface area contributed by atoms with Gasteiger partial charge in [-0.05, 0) is 63.3 Å². The molecule has 5 unspecified atom stereocenters. The Morgan fingerprint density at radius 1 is 1.15 bits per heavy atom. The number of nitrogen functional groups attached to an aromatic ring is 1. The molecule has 0 spiro atoms. The summed E-state index contributed by atoms with van der Waals surface area (Å²) in [6, 6.07) is 1.79. The van der Waals surface area contributed by atoms with Crippen molar-refractivity contribution < 1.29 is 35.9 Å². The molecule has 5 atom stereocenters. The molecule has 290 valence electrons. The maximum atomic E-state index is 17.0. The smallest absolute Gasteiger partial charge is 0.418 e. The number of alkyl halides is 4. The van der Waals surface area contributed by atoms with Crippen LogP contribution in [0.4, 0.5) is 38.0 Å². The second-order valence-corrected chi connectivity index (χ2v) is 16.6. The number of hydrogen-bond acceptors (Lipinski definition) is 11. The number of halogens is 7. The SMILES string of the molecule is Cc1cc(N)nc(-c2c(Cl)cc3c(N4CC5CCC6(C(=O)/C(F)=C/c7nccs7)CC(C4)N56)nc(OCC45CCCN4CC(F)C5)nc3c2F)c1C(F)(F)F. The molecule has 3 aromatic heterocycles. The Labute approximate surface area is 320 Å². The summed E-state index contributed by atoms with van der Waals surface area (Å²) in [5.41, 5.74) is 1.12. The number of hydrogen-bond donors (Lipinski definition) is 1. The number of nitrogens with two attached hydrogens (primary N) is 1. The highest BCUT2D eigenvalue weighted by atomic mass is 35.5. The van der Waals surface area contributed by atoms with Crippen molar-refractivity contribution >= 4 is 57.3 Å². The van der Waals surface area contributed by atoms with Crippen LogP contribution in [0.5, 0.6) is 6.01 Å². The fraction of sp³-hybridized carbons (Fsp3) is 0.486. The summed E-state index contributed by atoms with van der Waals surface area (Å²) in [7, 11) is 0. The van der Waals surface area contributed by atoms with Crippen LogP contribution in [0.2, 0.25) is 5.02 Å². The first-order valence-electron chi connectivity index (χ1n) is 18.1. The first-order chi connectivity index (χ1) is 26.2. The van der Waals surface area contributed by atoms with Gasteiger partial charge in [0.15, 0.2) is 11.6 Å². The maximum Gasteiger partial charge on any atom is 0.418 e. The molecular formula is C37H35ClF6N8O2S. The van der Waals surface area contributed by atoms with Crippen LogP contribution in [0, 0.1) is 12.7 Å². The van der Waals surface area contributed by atoms with Crippen LogP contribution < -0.4 is 15.4 Å². The van der Waals surface area contributed by atoms with E-state index in [0.29, 0.717) is 50.3 Å². The molecule has 0 amide bonds. The van der Waals surface area contributed by atoms with E-state index in [9.17, 15) is 22.4 Å². The van der Waals surface area contributed by atoms with Gasteiger partial charge in [-0.25, -0.2) is 23.1 Å². The number of piperazine rings is 1. The van der Waals surface area contributed by atoms with Crippen LogP contribution in [-0.4, -0.2) is 97.6 Å². The van der Waals surface area contributed by atoms with Crippen molar-refractivity contribution in [3.8, 4) is 17.3 Å². The predicted molar refractivity (Wildman–Crippen MR) is 195 cm³/mol. The standard InChI is InChI=1S/C37H35ClF6N8O2S/c1-18-9-25(45)47-31(28(18)37(42,43)44)27-23(38)10-22-30(29(27)41)48-34(54-17-35-4-2-7-51(35)14-19(39)12-35)49-33(22)50-15-20-3-5-36(13-21(16-50)52(20)36)32(53)24(40)11-26-46-6-8-55-26/h6,8-11,19-21H,2-5,7,12-17H2,1H3,(H2,45,47)/b24-11-. The van der Waals surface area contributed by atoms with E-state index >= 15 is 8.78 Å². The van der Waals surface area contributed by atoms with Crippen molar-refractivity contribution in [2.24, 2.45) is 0 Å². The molecule has 0 radical (unpaired) electrons. The van der Waals surface area contributed by atoms with Crippen molar-refractivity contribution in [1.82, 2.24) is 29.7 Å². The van der Waals surface area contributed by atoms with Crippen LogP contribution in [0.15, 0.2) is 29.5 Å². The third kappa shape index (κ3) is 5.86. The van der Waals surface area contributed by atoms with Gasteiger partial charge in [-0.3, -0.25) is 14.6 Å². The number of ketones is 1. The van der Waals surface area contributed by atoms with Gasteiger partial charge in [-0.15, -0.1) is 11.3 Å². The number of aromatic nitrogens is 4. The maximum absolute atomic E-state index is 17.0. The summed E-state index contributed by atoms with van der Waals surface area (Å²) in [6.07, 6.45) is -0.0308. The molecule has 5 saturated heterocycles. The lowest BCUT2D eigenvalue weighted by atomic mass is 9.74. The topological polar surface area (TPSA) is 114 Å². The van der Waals surface area contributed by atoms with Crippen LogP contribution in [0.3, 0.4) is 0 Å². The monoisotopic (exact) mass is 804 g/mol. The molecule has 5 fully saturated rings. The summed E-state index contributed by atoms with van der Waals surface area (Å²) in [4.78, 5) is 36.7. The number of carbonyl (C=O) groups is 1. The number of anilines is 2. The molecule has 2 N–H and O–H groups in total. The first kappa shape index (κ1) is 36.6. The number of benzene rings is 1. The lowest BCUT2D eigenvalue weighted by Gasteiger charge is -2.59. The second kappa shape index (κ2) is 13.0. The van der Waals surface area contributed by atoms with Crippen molar-refractivity contribution in [3.63, 3.8) is 0 Å². The summed E-state index contributed by atoms with van der Waals surface area (Å²) < 4.78 is 96.4. The fourth-order valence-corrected chi connectivity index (χ4v) is 10.8. The molecule has 55 heavy (non-hydrogen) atoms. The summed E-state index contributed by atoms with van der Waals surface area (Å²) >= 11 is 7.90. The molecule has 5 aliphatic heterocycles. The van der Waals surface area contributed by atoms with Gasteiger partial charge in [-0.1, -0.05) is 11.6 Å². The van der Waals surface area contributed by atoms with Crippen LogP contribution >= 0.6 is 22.9 Å². The lowest BCUT2D eigenvalue weighted by Crippen LogP contribution is -2.74. The Morgan fingerprint density at radius 2 is 1.95 bits per heavy atom. The number of nitrogens with zero attached hydrogens (tertiary/aromatic N) is 7. The number of fused-ring (bicyclic) bond motifs is 2. The Balaban J connectivity index is 1.11. The summed E-state index contributed by atoms with van der Waals surface area (Å²) in [5, 5.41) is 1.87. The van der Waals surface area contributed by atoms with Gasteiger partial charge in [-0.2, -0.15) is 23.1 Å². The minimum absolute atomic E-state index is 0.0261. The number of carbonyl (C=O) groups excluding carboxylic acids is 1. The van der Waals surface area contributed by atoms with Crippen molar-refractivity contribution in [3.05, 3.63) is 56.5 Å². The number of aryl methyl sites for hydroxylation is 1. The zero-order chi connectivity index (χ0) is 38.6. The number of pyridine rings is 1. The largest absolute Gasteiger partial charge is 0.461 e. The van der Waals surface area contributed by atoms with E-state index in [4.69, 9.17) is 27.1 Å². The second-order valence-electron chi connectivity index (χ2n) is 15.3. The molecular weight excluding hydrogens is 770 g/mol. The van der Waals surface area contributed by atoms with Gasteiger partial charge in [0.05, 0.1) is 32.9 Å². The van der Waals surface area contributed by atoms with Gasteiger partial charge in [0.2, 0.25) is 5.78 Å². The highest BCUT2D eigenvalue weighted by Crippen LogP contribution is 2.53. The molecule has 5 aliphatic rings. The van der Waals surface area contributed by atoms with Gasteiger partial charge in [0, 0.05) is 61.2 Å². The van der Waals surface area contributed by atoms with Crippen LogP contribution in [0.25, 0.3) is 28.2 Å². The number of Topliss-reactive ketones (excluding diaryl/α,β-unsaturated/α-hetero) is 1. The molecule has 0 bridgehead atoms. The van der Waals surface area contributed by atoms with Crippen LogP contribution in [0.1, 0.15) is 54.7 Å². The number of ether oxygens (including phenoxy) is 1. The fourth-order valence-electron chi connectivity index (χ4n) is 9.93. The minimum Gasteiger partial charge on any atom is -0.461 e. The Morgan fingerprint density at radius 3 is 2.71 bits per heavy atom. The highest BCUT2D eigenvalue weighted by molar-refractivity contribution is 7.10. The van der Waals surface area contributed by atoms with Gasteiger partial charge in [0.1, 0.15) is 34.9 Å². The Hall–Kier alpha value is -4.06. The third-order valence-electron chi connectivity index (χ3n) is 12.1. The van der Waals surface area contributed by atoms with E-state index in [2.05, 4.69) is 19.9 Å². The molecule has 9 rings (SSSR count). The Kier molecular flexibility index (Phi) is 8.64. The van der Waals surface area contributed by atoms with Crippen molar-refractivity contribution in [2.75, 3.05) is 43.4 Å². The zero-order valence-corrected chi connectivity index (χ0v) is 31.0. The predicted octanol–water partition coefficient (Wildman–Crippen LogP) is 7.18. The third-order valence-corrected chi connectivity index (χ3v) is 13.1. The van der Waals surface area contributed by atoms with E-state index in [1.54, 1.807) is 5.38 Å². The molecule has 0 saturated carbocycles. The average molecular weight is 805 g/mol. The Bertz CT molecular complexity index is 2260.